The topological polar surface area (TPSA) is 106 Å². The van der Waals surface area contributed by atoms with Crippen LogP contribution in [0.2, 0.25) is 0 Å². The first kappa shape index (κ1) is 20.8. The van der Waals surface area contributed by atoms with Gasteiger partial charge in [-0.3, -0.25) is 9.52 Å². The highest BCUT2D eigenvalue weighted by Crippen LogP contribution is 2.28. The van der Waals surface area contributed by atoms with Gasteiger partial charge in [-0.15, -0.1) is 0 Å². The number of aromatic nitrogens is 3. The van der Waals surface area contributed by atoms with Crippen LogP contribution < -0.4 is 10.0 Å². The molecular formula is C22H23N5O3S. The van der Waals surface area contributed by atoms with Crippen molar-refractivity contribution in [1.29, 1.82) is 0 Å². The minimum absolute atomic E-state index is 0.0733. The molecule has 1 amide bonds. The lowest BCUT2D eigenvalue weighted by Gasteiger charge is -2.07. The third kappa shape index (κ3) is 4.22. The average molecular weight is 438 g/mol. The molecule has 0 saturated heterocycles. The van der Waals surface area contributed by atoms with Crippen molar-refractivity contribution in [2.24, 2.45) is 0 Å². The van der Waals surface area contributed by atoms with Crippen molar-refractivity contribution >= 4 is 49.4 Å². The molecule has 0 saturated carbocycles. The Morgan fingerprint density at radius 2 is 1.84 bits per heavy atom. The molecule has 2 N–H and O–H groups in total. The number of hydrogen-bond acceptors (Lipinski definition) is 5. The molecule has 0 radical (unpaired) electrons. The molecule has 0 aliphatic heterocycles. The lowest BCUT2D eigenvalue weighted by Crippen LogP contribution is -2.14. The fraction of sp³-hybridized carbons (Fsp3) is 0.227. The number of nitrogens with one attached hydrogen (secondary N) is 2. The lowest BCUT2D eigenvalue weighted by molar-refractivity contribution is -0.114. The lowest BCUT2D eigenvalue weighted by atomic mass is 10.1. The van der Waals surface area contributed by atoms with Gasteiger partial charge in [-0.1, -0.05) is 19.1 Å². The maximum absolute atomic E-state index is 13.0. The molecule has 0 unspecified atom stereocenters. The summed E-state index contributed by atoms with van der Waals surface area (Å²) < 4.78 is 30.3. The van der Waals surface area contributed by atoms with E-state index in [0.29, 0.717) is 23.3 Å². The van der Waals surface area contributed by atoms with Gasteiger partial charge in [-0.2, -0.15) is 5.10 Å². The fourth-order valence-corrected chi connectivity index (χ4v) is 4.43. The Bertz CT molecular complexity index is 1390. The largest absolute Gasteiger partial charge is 0.326 e. The van der Waals surface area contributed by atoms with E-state index in [-0.39, 0.29) is 16.6 Å². The molecule has 31 heavy (non-hydrogen) atoms. The van der Waals surface area contributed by atoms with Crippen molar-refractivity contribution in [3.05, 3.63) is 54.1 Å². The van der Waals surface area contributed by atoms with Crippen LogP contribution in [0.5, 0.6) is 0 Å². The number of benzene rings is 2. The number of pyridine rings is 1. The summed E-state index contributed by atoms with van der Waals surface area (Å²) in [5.41, 5.74) is 3.10. The van der Waals surface area contributed by atoms with Crippen LogP contribution in [-0.4, -0.2) is 29.1 Å². The van der Waals surface area contributed by atoms with Gasteiger partial charge >= 0.3 is 0 Å². The second-order valence-electron chi connectivity index (χ2n) is 7.44. The Hall–Kier alpha value is -3.46. The van der Waals surface area contributed by atoms with Gasteiger partial charge in [0.1, 0.15) is 0 Å². The number of aryl methyl sites for hydroxylation is 2. The summed E-state index contributed by atoms with van der Waals surface area (Å²) in [6, 6.07) is 13.8. The van der Waals surface area contributed by atoms with Crippen LogP contribution in [0.1, 0.15) is 25.8 Å². The third-order valence-electron chi connectivity index (χ3n) is 4.82. The van der Waals surface area contributed by atoms with Crippen molar-refractivity contribution in [1.82, 2.24) is 14.8 Å². The van der Waals surface area contributed by atoms with Crippen LogP contribution in [0.4, 0.5) is 11.5 Å². The van der Waals surface area contributed by atoms with Crippen molar-refractivity contribution in [2.75, 3.05) is 10.0 Å². The predicted molar refractivity (Wildman–Crippen MR) is 122 cm³/mol. The summed E-state index contributed by atoms with van der Waals surface area (Å²) in [6.45, 7) is 6.04. The average Bonchev–Trinajstić information content (AvgIpc) is 3.02. The number of anilines is 2. The summed E-state index contributed by atoms with van der Waals surface area (Å²) in [5.74, 6) is 0.0148. The second kappa shape index (κ2) is 7.99. The Balaban J connectivity index is 1.76. The van der Waals surface area contributed by atoms with Gasteiger partial charge in [0.05, 0.1) is 15.8 Å². The predicted octanol–water partition coefficient (Wildman–Crippen LogP) is 4.06. The van der Waals surface area contributed by atoms with Crippen molar-refractivity contribution < 1.29 is 13.2 Å². The fourth-order valence-electron chi connectivity index (χ4n) is 3.41. The summed E-state index contributed by atoms with van der Waals surface area (Å²) in [5, 5.41) is 8.67. The molecule has 0 bridgehead atoms. The van der Waals surface area contributed by atoms with Crippen molar-refractivity contribution in [3.8, 4) is 0 Å². The standard InChI is InChI=1S/C22H23N5O3S/c1-4-11-27-22-19(13-16-6-5-14(2)12-20(16)24-22)21(25-27)26-31(29,30)18-9-7-17(8-10-18)23-15(3)28/h5-10,12-13H,4,11H2,1-3H3,(H,23,28)(H,25,26). The smallest absolute Gasteiger partial charge is 0.263 e. The van der Waals surface area contributed by atoms with E-state index in [1.54, 1.807) is 16.8 Å². The van der Waals surface area contributed by atoms with Crippen molar-refractivity contribution in [2.45, 2.75) is 38.6 Å². The van der Waals surface area contributed by atoms with Gasteiger partial charge < -0.3 is 5.32 Å². The first-order valence-electron chi connectivity index (χ1n) is 9.95. The van der Waals surface area contributed by atoms with Gasteiger partial charge in [0.15, 0.2) is 11.5 Å². The molecule has 0 aliphatic carbocycles. The highest BCUT2D eigenvalue weighted by atomic mass is 32.2. The number of rotatable bonds is 6. The Labute approximate surface area is 180 Å². The van der Waals surface area contributed by atoms with Gasteiger partial charge in [-0.25, -0.2) is 18.1 Å². The Morgan fingerprint density at radius 3 is 2.52 bits per heavy atom. The zero-order valence-corrected chi connectivity index (χ0v) is 18.3. The maximum atomic E-state index is 13.0. The van der Waals surface area contributed by atoms with E-state index in [4.69, 9.17) is 4.98 Å². The van der Waals surface area contributed by atoms with E-state index < -0.39 is 10.0 Å². The van der Waals surface area contributed by atoms with Gasteiger partial charge in [0.2, 0.25) is 5.91 Å². The van der Waals surface area contributed by atoms with E-state index in [0.717, 1.165) is 22.9 Å². The highest BCUT2D eigenvalue weighted by Gasteiger charge is 2.20. The molecule has 4 aromatic rings. The highest BCUT2D eigenvalue weighted by molar-refractivity contribution is 7.92. The van der Waals surface area contributed by atoms with Crippen LogP contribution in [0.25, 0.3) is 21.9 Å². The van der Waals surface area contributed by atoms with E-state index in [1.807, 2.05) is 38.1 Å². The molecule has 9 heteroatoms. The quantitative estimate of drug-likeness (QED) is 0.473. The van der Waals surface area contributed by atoms with E-state index >= 15 is 0 Å². The SMILES string of the molecule is CCCn1nc(NS(=O)(=O)c2ccc(NC(C)=O)cc2)c2cc3ccc(C)cc3nc21. The third-order valence-corrected chi connectivity index (χ3v) is 6.18. The molecule has 2 heterocycles. The molecule has 2 aromatic heterocycles. The Morgan fingerprint density at radius 1 is 1.10 bits per heavy atom. The molecule has 0 aliphatic rings. The minimum atomic E-state index is -3.88. The summed E-state index contributed by atoms with van der Waals surface area (Å²) >= 11 is 0. The van der Waals surface area contributed by atoms with Crippen LogP contribution in [0, 0.1) is 6.92 Å². The minimum Gasteiger partial charge on any atom is -0.326 e. The first-order chi connectivity index (χ1) is 14.8. The molecular weight excluding hydrogens is 414 g/mol. The summed E-state index contributed by atoms with van der Waals surface area (Å²) in [7, 11) is -3.88. The first-order valence-corrected chi connectivity index (χ1v) is 11.4. The molecule has 2 aromatic carbocycles. The van der Waals surface area contributed by atoms with Crippen molar-refractivity contribution in [3.63, 3.8) is 0 Å². The number of sulfonamides is 1. The number of carbonyl (C=O) groups excluding carboxylic acids is 1. The van der Waals surface area contributed by atoms with Crippen LogP contribution in [0.3, 0.4) is 0 Å². The van der Waals surface area contributed by atoms with E-state index in [9.17, 15) is 13.2 Å². The van der Waals surface area contributed by atoms with Crippen LogP contribution >= 0.6 is 0 Å². The number of amides is 1. The molecule has 8 nitrogen and oxygen atoms in total. The molecule has 0 spiro atoms. The molecule has 4 rings (SSSR count). The molecule has 0 atom stereocenters. The van der Waals surface area contributed by atoms with E-state index in [2.05, 4.69) is 15.1 Å². The summed E-state index contributed by atoms with van der Waals surface area (Å²) in [4.78, 5) is 16.0. The van der Waals surface area contributed by atoms with Gasteiger partial charge in [0, 0.05) is 24.5 Å². The van der Waals surface area contributed by atoms with Crippen LogP contribution in [-0.2, 0) is 21.4 Å². The molecule has 0 fully saturated rings. The zero-order valence-electron chi connectivity index (χ0n) is 17.5. The second-order valence-corrected chi connectivity index (χ2v) is 9.12. The van der Waals surface area contributed by atoms with E-state index in [1.165, 1.54) is 19.1 Å². The number of fused-ring (bicyclic) bond motifs is 2. The zero-order chi connectivity index (χ0) is 22.2. The maximum Gasteiger partial charge on any atom is 0.263 e. The number of nitrogens with zero attached hydrogens (tertiary/aromatic N) is 3. The van der Waals surface area contributed by atoms with Gasteiger partial charge in [-0.05, 0) is 55.3 Å². The Kier molecular flexibility index (Phi) is 5.36. The summed E-state index contributed by atoms with van der Waals surface area (Å²) in [6.07, 6.45) is 0.834. The monoisotopic (exact) mass is 437 g/mol. The number of carbonyl (C=O) groups is 1. The number of hydrogen-bond donors (Lipinski definition) is 2. The molecule has 160 valence electrons. The normalized spacial score (nSPS) is 11.7. The van der Waals surface area contributed by atoms with Crippen LogP contribution in [0.15, 0.2) is 53.4 Å². The van der Waals surface area contributed by atoms with Gasteiger partial charge in [0.25, 0.3) is 10.0 Å².